The van der Waals surface area contributed by atoms with Gasteiger partial charge in [-0.3, -0.25) is 4.79 Å². The molecule has 1 heterocycles. The van der Waals surface area contributed by atoms with Crippen LogP contribution in [0.2, 0.25) is 0 Å². The van der Waals surface area contributed by atoms with Gasteiger partial charge in [0.1, 0.15) is 17.7 Å². The van der Waals surface area contributed by atoms with Crippen LogP contribution in [0.3, 0.4) is 0 Å². The van der Waals surface area contributed by atoms with Gasteiger partial charge in [-0.05, 0) is 30.5 Å². The van der Waals surface area contributed by atoms with Gasteiger partial charge in [0.15, 0.2) is 5.78 Å². The fraction of sp³-hybridized carbons (Fsp3) is 0.316. The van der Waals surface area contributed by atoms with Gasteiger partial charge in [0.25, 0.3) is 0 Å². The molecule has 3 nitrogen and oxygen atoms in total. The van der Waals surface area contributed by atoms with Crippen LogP contribution in [-0.4, -0.2) is 18.4 Å². The van der Waals surface area contributed by atoms with Crippen molar-refractivity contribution in [3.8, 4) is 16.9 Å². The first kappa shape index (κ1) is 14.4. The molecule has 0 spiro atoms. The summed E-state index contributed by atoms with van der Waals surface area (Å²) < 4.78 is 19.8. The summed E-state index contributed by atoms with van der Waals surface area (Å²) in [5.74, 6) is 0.770. The predicted octanol–water partition coefficient (Wildman–Crippen LogP) is 3.35. The zero-order valence-corrected chi connectivity index (χ0v) is 12.7. The summed E-state index contributed by atoms with van der Waals surface area (Å²) in [4.78, 5) is 12.1. The maximum absolute atomic E-state index is 14.0. The van der Waals surface area contributed by atoms with E-state index in [-0.39, 0.29) is 23.6 Å². The third kappa shape index (κ3) is 2.53. The van der Waals surface area contributed by atoms with Crippen molar-refractivity contribution in [1.29, 1.82) is 0 Å². The summed E-state index contributed by atoms with van der Waals surface area (Å²) in [6.07, 6.45) is 2.33. The van der Waals surface area contributed by atoms with E-state index in [1.807, 2.05) is 24.3 Å². The Morgan fingerprint density at radius 1 is 1.17 bits per heavy atom. The van der Waals surface area contributed by atoms with E-state index in [1.54, 1.807) is 6.07 Å². The summed E-state index contributed by atoms with van der Waals surface area (Å²) in [5.41, 5.74) is 8.77. The zero-order chi connectivity index (χ0) is 16.0. The molecular weight excluding hydrogens is 293 g/mol. The Labute approximate surface area is 134 Å². The van der Waals surface area contributed by atoms with Gasteiger partial charge in [0.05, 0.1) is 0 Å². The number of Topliss-reactive ketones (excluding diaryl/α,β-unsaturated/α-hetero) is 1. The number of hydrogen-bond acceptors (Lipinski definition) is 3. The van der Waals surface area contributed by atoms with Crippen LogP contribution in [-0.2, 0) is 6.42 Å². The summed E-state index contributed by atoms with van der Waals surface area (Å²) in [6, 6.07) is 10.7. The third-order valence-corrected chi connectivity index (χ3v) is 4.61. The minimum Gasteiger partial charge on any atom is -0.488 e. The van der Waals surface area contributed by atoms with E-state index in [0.717, 1.165) is 29.5 Å². The van der Waals surface area contributed by atoms with E-state index in [4.69, 9.17) is 10.5 Å². The maximum atomic E-state index is 14.0. The predicted molar refractivity (Wildman–Crippen MR) is 86.1 cm³/mol. The minimum atomic E-state index is -0.250. The molecule has 1 aliphatic carbocycles. The van der Waals surface area contributed by atoms with Gasteiger partial charge >= 0.3 is 0 Å². The fourth-order valence-electron chi connectivity index (χ4n) is 3.12. The highest BCUT2D eigenvalue weighted by Crippen LogP contribution is 2.40. The SMILES string of the molecule is NC[C@@H]1Cc2c(F)ccc(-c3ccc(C(=O)C4CC4)cc3)c2O1. The van der Waals surface area contributed by atoms with Crippen LogP contribution in [0.25, 0.3) is 11.1 Å². The summed E-state index contributed by atoms with van der Waals surface area (Å²) >= 11 is 0. The molecule has 0 unspecified atom stereocenters. The van der Waals surface area contributed by atoms with E-state index in [9.17, 15) is 9.18 Å². The molecule has 0 saturated heterocycles. The van der Waals surface area contributed by atoms with Crippen molar-refractivity contribution < 1.29 is 13.9 Å². The standard InChI is InChI=1S/C19H18FNO2/c20-17-8-7-15(19-16(17)9-14(10-21)23-19)11-1-3-12(4-2-11)18(22)13-5-6-13/h1-4,7-8,13-14H,5-6,9-10,21H2/t14-/m0/s1. The largest absolute Gasteiger partial charge is 0.488 e. The van der Waals surface area contributed by atoms with Crippen LogP contribution in [0, 0.1) is 11.7 Å². The van der Waals surface area contributed by atoms with E-state index in [0.29, 0.717) is 24.3 Å². The maximum Gasteiger partial charge on any atom is 0.165 e. The van der Waals surface area contributed by atoms with Crippen molar-refractivity contribution in [1.82, 2.24) is 0 Å². The number of hydrogen-bond donors (Lipinski definition) is 1. The van der Waals surface area contributed by atoms with Crippen molar-refractivity contribution in [2.45, 2.75) is 25.4 Å². The van der Waals surface area contributed by atoms with Crippen molar-refractivity contribution in [3.05, 3.63) is 53.3 Å². The smallest absolute Gasteiger partial charge is 0.165 e. The van der Waals surface area contributed by atoms with Gasteiger partial charge in [0.2, 0.25) is 0 Å². The Hall–Kier alpha value is -2.20. The molecule has 1 aliphatic heterocycles. The number of rotatable bonds is 4. The molecule has 0 amide bonds. The molecule has 2 aliphatic rings. The highest BCUT2D eigenvalue weighted by molar-refractivity contribution is 5.99. The van der Waals surface area contributed by atoms with Crippen LogP contribution in [0.1, 0.15) is 28.8 Å². The molecular formula is C19H18FNO2. The van der Waals surface area contributed by atoms with Gasteiger partial charge in [-0.2, -0.15) is 0 Å². The third-order valence-electron chi connectivity index (χ3n) is 4.61. The average molecular weight is 311 g/mol. The lowest BCUT2D eigenvalue weighted by Crippen LogP contribution is -2.24. The molecule has 4 rings (SSSR count). The van der Waals surface area contributed by atoms with Crippen molar-refractivity contribution in [2.75, 3.05) is 6.54 Å². The first-order valence-corrected chi connectivity index (χ1v) is 8.00. The molecule has 118 valence electrons. The highest BCUT2D eigenvalue weighted by atomic mass is 19.1. The lowest BCUT2D eigenvalue weighted by molar-refractivity contribution is 0.0967. The number of fused-ring (bicyclic) bond motifs is 1. The molecule has 2 aromatic carbocycles. The number of nitrogens with two attached hydrogens (primary N) is 1. The molecule has 1 atom stereocenters. The van der Waals surface area contributed by atoms with Crippen LogP contribution in [0.5, 0.6) is 5.75 Å². The minimum absolute atomic E-state index is 0.170. The highest BCUT2D eigenvalue weighted by Gasteiger charge is 2.31. The summed E-state index contributed by atoms with van der Waals surface area (Å²) in [6.45, 7) is 0.363. The number of ketones is 1. The topological polar surface area (TPSA) is 52.3 Å². The van der Waals surface area contributed by atoms with Crippen LogP contribution in [0.15, 0.2) is 36.4 Å². The molecule has 23 heavy (non-hydrogen) atoms. The summed E-state index contributed by atoms with van der Waals surface area (Å²) in [7, 11) is 0. The molecule has 2 aromatic rings. The average Bonchev–Trinajstić information content (AvgIpc) is 3.33. The van der Waals surface area contributed by atoms with E-state index in [1.165, 1.54) is 6.07 Å². The Kier molecular flexibility index (Phi) is 3.42. The van der Waals surface area contributed by atoms with Gasteiger partial charge in [-0.25, -0.2) is 4.39 Å². The molecule has 1 saturated carbocycles. The lowest BCUT2D eigenvalue weighted by Gasteiger charge is -2.11. The van der Waals surface area contributed by atoms with Gasteiger partial charge < -0.3 is 10.5 Å². The van der Waals surface area contributed by atoms with E-state index in [2.05, 4.69) is 0 Å². The number of carbonyl (C=O) groups is 1. The molecule has 2 N–H and O–H groups in total. The second-order valence-electron chi connectivity index (χ2n) is 6.30. The van der Waals surface area contributed by atoms with Crippen molar-refractivity contribution in [2.24, 2.45) is 11.7 Å². The quantitative estimate of drug-likeness (QED) is 0.881. The van der Waals surface area contributed by atoms with Gasteiger partial charge in [-0.15, -0.1) is 0 Å². The van der Waals surface area contributed by atoms with Crippen molar-refractivity contribution in [3.63, 3.8) is 0 Å². The number of carbonyl (C=O) groups excluding carboxylic acids is 1. The normalized spacial score (nSPS) is 19.3. The molecule has 0 bridgehead atoms. The van der Waals surface area contributed by atoms with Gasteiger partial charge in [-0.1, -0.05) is 24.3 Å². The monoisotopic (exact) mass is 311 g/mol. The number of benzene rings is 2. The molecule has 0 radical (unpaired) electrons. The van der Waals surface area contributed by atoms with Crippen molar-refractivity contribution >= 4 is 5.78 Å². The second-order valence-corrected chi connectivity index (χ2v) is 6.30. The molecule has 1 fully saturated rings. The Balaban J connectivity index is 1.69. The molecule has 4 heteroatoms. The first-order valence-electron chi connectivity index (χ1n) is 8.00. The van der Waals surface area contributed by atoms with Crippen LogP contribution >= 0.6 is 0 Å². The molecule has 0 aromatic heterocycles. The Morgan fingerprint density at radius 3 is 2.57 bits per heavy atom. The van der Waals surface area contributed by atoms with E-state index >= 15 is 0 Å². The summed E-state index contributed by atoms with van der Waals surface area (Å²) in [5, 5.41) is 0. The number of ether oxygens (including phenoxy) is 1. The Morgan fingerprint density at radius 2 is 1.91 bits per heavy atom. The second kappa shape index (κ2) is 5.46. The number of halogens is 1. The van der Waals surface area contributed by atoms with Crippen LogP contribution in [0.4, 0.5) is 4.39 Å². The van der Waals surface area contributed by atoms with E-state index < -0.39 is 0 Å². The first-order chi connectivity index (χ1) is 11.2. The van der Waals surface area contributed by atoms with Crippen LogP contribution < -0.4 is 10.5 Å². The fourth-order valence-corrected chi connectivity index (χ4v) is 3.12. The van der Waals surface area contributed by atoms with Gasteiger partial charge in [0, 0.05) is 35.6 Å². The Bertz CT molecular complexity index is 766. The zero-order valence-electron chi connectivity index (χ0n) is 12.7. The lowest BCUT2D eigenvalue weighted by atomic mass is 9.98.